The van der Waals surface area contributed by atoms with Crippen LogP contribution in [0.15, 0.2) is 12.1 Å². The summed E-state index contributed by atoms with van der Waals surface area (Å²) < 4.78 is 0. The van der Waals surface area contributed by atoms with E-state index in [2.05, 4.69) is 18.3 Å². The van der Waals surface area contributed by atoms with Gasteiger partial charge in [-0.15, -0.1) is 0 Å². The maximum atomic E-state index is 12.0. The second-order valence-corrected chi connectivity index (χ2v) is 5.29. The Kier molecular flexibility index (Phi) is 3.94. The van der Waals surface area contributed by atoms with Gasteiger partial charge in [0.25, 0.3) is 0 Å². The van der Waals surface area contributed by atoms with Crippen LogP contribution in [-0.2, 0) is 4.79 Å². The van der Waals surface area contributed by atoms with Gasteiger partial charge in [-0.05, 0) is 57.4 Å². The minimum Gasteiger partial charge on any atom is -0.329 e. The number of benzene rings is 1. The van der Waals surface area contributed by atoms with Crippen molar-refractivity contribution in [2.75, 3.05) is 11.9 Å². The molecule has 0 aliphatic rings. The molecule has 1 amide bonds. The lowest BCUT2D eigenvalue weighted by Crippen LogP contribution is -2.37. The van der Waals surface area contributed by atoms with Crippen molar-refractivity contribution < 1.29 is 4.79 Å². The zero-order chi connectivity index (χ0) is 13.2. The number of aryl methyl sites for hydroxylation is 3. The Balaban J connectivity index is 2.97. The zero-order valence-corrected chi connectivity index (χ0v) is 11.3. The first kappa shape index (κ1) is 13.7. The van der Waals surface area contributed by atoms with E-state index >= 15 is 0 Å². The fourth-order valence-corrected chi connectivity index (χ4v) is 1.48. The Morgan fingerprint density at radius 1 is 1.18 bits per heavy atom. The van der Waals surface area contributed by atoms with E-state index in [9.17, 15) is 4.79 Å². The lowest BCUT2D eigenvalue weighted by molar-refractivity contribution is -0.123. The fourth-order valence-electron chi connectivity index (χ4n) is 1.48. The molecule has 0 bridgehead atoms. The third-order valence-corrected chi connectivity index (χ3v) is 3.21. The third kappa shape index (κ3) is 3.07. The standard InChI is InChI=1S/C14H22N2O/c1-9-6-11(3)12(7-10(9)2)16-13(17)14(4,5)8-15/h6-7H,8,15H2,1-5H3,(H,16,17). The van der Waals surface area contributed by atoms with Crippen LogP contribution in [0.3, 0.4) is 0 Å². The van der Waals surface area contributed by atoms with Gasteiger partial charge in [0.05, 0.1) is 5.41 Å². The molecular formula is C14H22N2O. The first-order chi connectivity index (χ1) is 7.77. The SMILES string of the molecule is Cc1cc(C)c(NC(=O)C(C)(C)CN)cc1C. The van der Waals surface area contributed by atoms with Gasteiger partial charge in [-0.2, -0.15) is 0 Å². The molecule has 1 rings (SSSR count). The lowest BCUT2D eigenvalue weighted by atomic mass is 9.92. The molecule has 0 aliphatic heterocycles. The second-order valence-electron chi connectivity index (χ2n) is 5.29. The van der Waals surface area contributed by atoms with Crippen LogP contribution in [0.4, 0.5) is 5.69 Å². The summed E-state index contributed by atoms with van der Waals surface area (Å²) in [7, 11) is 0. The zero-order valence-electron chi connectivity index (χ0n) is 11.3. The highest BCUT2D eigenvalue weighted by Crippen LogP contribution is 2.23. The summed E-state index contributed by atoms with van der Waals surface area (Å²) in [6, 6.07) is 4.09. The van der Waals surface area contributed by atoms with Crippen molar-refractivity contribution in [3.63, 3.8) is 0 Å². The van der Waals surface area contributed by atoms with Gasteiger partial charge in [0.15, 0.2) is 0 Å². The van der Waals surface area contributed by atoms with Gasteiger partial charge in [-0.3, -0.25) is 4.79 Å². The van der Waals surface area contributed by atoms with Crippen LogP contribution in [0.25, 0.3) is 0 Å². The molecule has 0 radical (unpaired) electrons. The van der Waals surface area contributed by atoms with E-state index in [0.29, 0.717) is 6.54 Å². The normalized spacial score (nSPS) is 11.4. The monoisotopic (exact) mass is 234 g/mol. The van der Waals surface area contributed by atoms with Crippen molar-refractivity contribution in [1.82, 2.24) is 0 Å². The number of anilines is 1. The molecule has 94 valence electrons. The van der Waals surface area contributed by atoms with E-state index in [1.807, 2.05) is 33.8 Å². The Labute approximate surface area is 103 Å². The summed E-state index contributed by atoms with van der Waals surface area (Å²) >= 11 is 0. The molecule has 0 aliphatic carbocycles. The first-order valence-electron chi connectivity index (χ1n) is 5.87. The molecule has 0 spiro atoms. The average Bonchev–Trinajstić information content (AvgIpc) is 2.25. The third-order valence-electron chi connectivity index (χ3n) is 3.21. The molecule has 1 aromatic carbocycles. The number of carbonyl (C=O) groups is 1. The molecule has 0 atom stereocenters. The van der Waals surface area contributed by atoms with Crippen LogP contribution in [-0.4, -0.2) is 12.5 Å². The van der Waals surface area contributed by atoms with Crippen molar-refractivity contribution in [1.29, 1.82) is 0 Å². The van der Waals surface area contributed by atoms with Crippen LogP contribution >= 0.6 is 0 Å². The smallest absolute Gasteiger partial charge is 0.231 e. The van der Waals surface area contributed by atoms with Gasteiger partial charge in [-0.25, -0.2) is 0 Å². The number of carbonyl (C=O) groups excluding carboxylic acids is 1. The lowest BCUT2D eigenvalue weighted by Gasteiger charge is -2.22. The average molecular weight is 234 g/mol. The molecule has 0 aromatic heterocycles. The Hall–Kier alpha value is -1.35. The Morgan fingerprint density at radius 3 is 2.24 bits per heavy atom. The van der Waals surface area contributed by atoms with Crippen LogP contribution in [0.2, 0.25) is 0 Å². The summed E-state index contributed by atoms with van der Waals surface area (Å²) in [6.45, 7) is 10.1. The highest BCUT2D eigenvalue weighted by molar-refractivity contribution is 5.95. The molecule has 3 heteroatoms. The van der Waals surface area contributed by atoms with Crippen molar-refractivity contribution >= 4 is 11.6 Å². The number of nitrogens with two attached hydrogens (primary N) is 1. The molecule has 0 saturated heterocycles. The molecule has 3 nitrogen and oxygen atoms in total. The molecule has 0 heterocycles. The summed E-state index contributed by atoms with van der Waals surface area (Å²) in [5, 5.41) is 2.95. The first-order valence-corrected chi connectivity index (χ1v) is 5.87. The van der Waals surface area contributed by atoms with Gasteiger partial charge in [0, 0.05) is 12.2 Å². The second kappa shape index (κ2) is 4.88. The number of amides is 1. The largest absolute Gasteiger partial charge is 0.329 e. The van der Waals surface area contributed by atoms with Crippen LogP contribution < -0.4 is 11.1 Å². The Morgan fingerprint density at radius 2 is 1.71 bits per heavy atom. The minimum absolute atomic E-state index is 0.0358. The van der Waals surface area contributed by atoms with Gasteiger partial charge in [0.2, 0.25) is 5.91 Å². The minimum atomic E-state index is -0.536. The van der Waals surface area contributed by atoms with Crippen molar-refractivity contribution in [2.24, 2.45) is 11.1 Å². The Bertz CT molecular complexity index is 436. The maximum absolute atomic E-state index is 12.0. The van der Waals surface area contributed by atoms with E-state index in [4.69, 9.17) is 5.73 Å². The predicted molar refractivity (Wildman–Crippen MR) is 72.1 cm³/mol. The quantitative estimate of drug-likeness (QED) is 0.844. The highest BCUT2D eigenvalue weighted by atomic mass is 16.2. The number of nitrogens with one attached hydrogen (secondary N) is 1. The van der Waals surface area contributed by atoms with Crippen molar-refractivity contribution in [3.05, 3.63) is 28.8 Å². The number of hydrogen-bond acceptors (Lipinski definition) is 2. The molecule has 0 saturated carbocycles. The topological polar surface area (TPSA) is 55.1 Å². The van der Waals surface area contributed by atoms with E-state index in [1.165, 1.54) is 11.1 Å². The van der Waals surface area contributed by atoms with E-state index in [1.54, 1.807) is 0 Å². The fraction of sp³-hybridized carbons (Fsp3) is 0.500. The molecule has 0 unspecified atom stereocenters. The van der Waals surface area contributed by atoms with Crippen molar-refractivity contribution in [2.45, 2.75) is 34.6 Å². The molecular weight excluding hydrogens is 212 g/mol. The van der Waals surface area contributed by atoms with E-state index in [0.717, 1.165) is 11.3 Å². The summed E-state index contributed by atoms with van der Waals surface area (Å²) in [5.41, 5.74) is 9.42. The number of rotatable bonds is 3. The molecule has 17 heavy (non-hydrogen) atoms. The molecule has 1 aromatic rings. The maximum Gasteiger partial charge on any atom is 0.231 e. The van der Waals surface area contributed by atoms with Crippen LogP contribution in [0.1, 0.15) is 30.5 Å². The van der Waals surface area contributed by atoms with Crippen LogP contribution in [0, 0.1) is 26.2 Å². The van der Waals surface area contributed by atoms with Gasteiger partial charge in [0.1, 0.15) is 0 Å². The van der Waals surface area contributed by atoms with Gasteiger partial charge < -0.3 is 11.1 Å². The predicted octanol–water partition coefficient (Wildman–Crippen LogP) is 2.54. The van der Waals surface area contributed by atoms with Crippen molar-refractivity contribution in [3.8, 4) is 0 Å². The summed E-state index contributed by atoms with van der Waals surface area (Å²) in [6.07, 6.45) is 0. The van der Waals surface area contributed by atoms with E-state index < -0.39 is 5.41 Å². The number of hydrogen-bond donors (Lipinski definition) is 2. The van der Waals surface area contributed by atoms with Gasteiger partial charge in [-0.1, -0.05) is 6.07 Å². The van der Waals surface area contributed by atoms with Gasteiger partial charge >= 0.3 is 0 Å². The molecule has 0 fully saturated rings. The highest BCUT2D eigenvalue weighted by Gasteiger charge is 2.26. The summed E-state index contributed by atoms with van der Waals surface area (Å²) in [5.74, 6) is -0.0358. The molecule has 3 N–H and O–H groups in total. The van der Waals surface area contributed by atoms with Crippen LogP contribution in [0.5, 0.6) is 0 Å². The van der Waals surface area contributed by atoms with E-state index in [-0.39, 0.29) is 5.91 Å². The summed E-state index contributed by atoms with van der Waals surface area (Å²) in [4.78, 5) is 12.0.